The zero-order chi connectivity index (χ0) is 12.0. The lowest BCUT2D eigenvalue weighted by Gasteiger charge is -2.39. The number of anilines is 2. The molecule has 2 aromatic carbocycles. The Labute approximate surface area is 116 Å². The van der Waals surface area contributed by atoms with Crippen LogP contribution in [-0.4, -0.2) is 0 Å². The minimum Gasteiger partial charge on any atom is -0.282 e. The second-order valence-electron chi connectivity index (χ2n) is 4.94. The first kappa shape index (κ1) is 11.1. The van der Waals surface area contributed by atoms with Crippen LogP contribution >= 0.6 is 22.9 Å². The zero-order valence-electron chi connectivity index (χ0n) is 9.94. The molecule has 0 atom stereocenters. The van der Waals surface area contributed by atoms with E-state index in [0.29, 0.717) is 0 Å². The number of fused-ring (bicyclic) bond motifs is 2. The van der Waals surface area contributed by atoms with E-state index in [0.717, 1.165) is 0 Å². The third kappa shape index (κ3) is 1.50. The molecule has 2 aromatic rings. The highest BCUT2D eigenvalue weighted by Crippen LogP contribution is 2.49. The molecule has 0 unspecified atom stereocenters. The molecule has 0 amide bonds. The van der Waals surface area contributed by atoms with Gasteiger partial charge in [-0.25, -0.2) is 0 Å². The van der Waals surface area contributed by atoms with Gasteiger partial charge in [-0.2, -0.15) is 0 Å². The van der Waals surface area contributed by atoms with Crippen molar-refractivity contribution in [2.75, 3.05) is 3.11 Å². The molecule has 0 aromatic heterocycles. The maximum Gasteiger partial charge on any atom is 0.0646 e. The summed E-state index contributed by atoms with van der Waals surface area (Å²) in [5, 5.41) is 0. The Balaban J connectivity index is 2.34. The molecule has 0 bridgehead atoms. The summed E-state index contributed by atoms with van der Waals surface area (Å²) in [6.45, 7) is 4.60. The molecule has 1 nitrogen and oxygen atoms in total. The van der Waals surface area contributed by atoms with Crippen molar-refractivity contribution in [3.63, 3.8) is 0 Å². The number of hydrogen-bond donors (Lipinski definition) is 0. The van der Waals surface area contributed by atoms with Crippen molar-refractivity contribution < 1.29 is 0 Å². The van der Waals surface area contributed by atoms with Gasteiger partial charge in [-0.3, -0.25) is 3.11 Å². The predicted molar refractivity (Wildman–Crippen MR) is 81.2 cm³/mol. The molecule has 0 radical (unpaired) electrons. The van der Waals surface area contributed by atoms with Crippen molar-refractivity contribution in [3.8, 4) is 0 Å². The van der Waals surface area contributed by atoms with Crippen molar-refractivity contribution in [2.24, 2.45) is 0 Å². The SMILES string of the molecule is CC1(C)c2ccccc2N(I)c2ccccc21. The highest BCUT2D eigenvalue weighted by molar-refractivity contribution is 14.1. The van der Waals surface area contributed by atoms with Crippen molar-refractivity contribution in [1.82, 2.24) is 0 Å². The summed E-state index contributed by atoms with van der Waals surface area (Å²) in [7, 11) is 0. The maximum absolute atomic E-state index is 2.39. The molecular weight excluding hydrogens is 321 g/mol. The monoisotopic (exact) mass is 335 g/mol. The van der Waals surface area contributed by atoms with Crippen molar-refractivity contribution in [2.45, 2.75) is 19.3 Å². The number of hydrogen-bond acceptors (Lipinski definition) is 1. The highest BCUT2D eigenvalue weighted by Gasteiger charge is 2.34. The molecule has 3 rings (SSSR count). The van der Waals surface area contributed by atoms with Crippen LogP contribution in [0.25, 0.3) is 0 Å². The van der Waals surface area contributed by atoms with E-state index in [-0.39, 0.29) is 5.41 Å². The number of para-hydroxylation sites is 2. The molecule has 2 heteroatoms. The number of nitrogens with zero attached hydrogens (tertiary/aromatic N) is 1. The van der Waals surface area contributed by atoms with E-state index in [1.165, 1.54) is 22.5 Å². The van der Waals surface area contributed by atoms with Crippen LogP contribution in [0.5, 0.6) is 0 Å². The Bertz CT molecular complexity index is 525. The van der Waals surface area contributed by atoms with Gasteiger partial charge in [0.25, 0.3) is 0 Å². The van der Waals surface area contributed by atoms with Gasteiger partial charge < -0.3 is 0 Å². The van der Waals surface area contributed by atoms with Crippen molar-refractivity contribution in [3.05, 3.63) is 59.7 Å². The Morgan fingerprint density at radius 3 is 1.71 bits per heavy atom. The smallest absolute Gasteiger partial charge is 0.0646 e. The molecule has 17 heavy (non-hydrogen) atoms. The zero-order valence-corrected chi connectivity index (χ0v) is 12.1. The minimum atomic E-state index is 0.0782. The molecule has 0 saturated heterocycles. The third-order valence-corrected chi connectivity index (χ3v) is 4.62. The first-order valence-corrected chi connectivity index (χ1v) is 6.74. The van der Waals surface area contributed by atoms with E-state index in [1.807, 2.05) is 0 Å². The van der Waals surface area contributed by atoms with Crippen LogP contribution < -0.4 is 3.11 Å². The second-order valence-corrected chi connectivity index (χ2v) is 5.90. The van der Waals surface area contributed by atoms with Crippen LogP contribution in [0, 0.1) is 0 Å². The molecule has 0 spiro atoms. The summed E-state index contributed by atoms with van der Waals surface area (Å²) in [6, 6.07) is 17.3. The summed E-state index contributed by atoms with van der Waals surface area (Å²) in [5.41, 5.74) is 5.48. The molecule has 0 aliphatic carbocycles. The molecule has 1 heterocycles. The van der Waals surface area contributed by atoms with Gasteiger partial charge in [0.15, 0.2) is 0 Å². The van der Waals surface area contributed by atoms with E-state index >= 15 is 0 Å². The van der Waals surface area contributed by atoms with Gasteiger partial charge in [0.2, 0.25) is 0 Å². The summed E-state index contributed by atoms with van der Waals surface area (Å²) in [4.78, 5) is 0. The molecule has 86 valence electrons. The van der Waals surface area contributed by atoms with Crippen LogP contribution in [0.3, 0.4) is 0 Å². The molecular formula is C15H14IN. The van der Waals surface area contributed by atoms with Crippen LogP contribution in [0.2, 0.25) is 0 Å². The van der Waals surface area contributed by atoms with E-state index in [9.17, 15) is 0 Å². The number of halogens is 1. The highest BCUT2D eigenvalue weighted by atomic mass is 127. The molecule has 1 aliphatic rings. The standard InChI is InChI=1S/C15H14IN/c1-15(2)11-7-3-5-9-13(11)17(16)14-10-6-4-8-12(14)15/h3-10H,1-2H3. The summed E-state index contributed by atoms with van der Waals surface area (Å²) in [6.07, 6.45) is 0. The van der Waals surface area contributed by atoms with Crippen LogP contribution in [0.15, 0.2) is 48.5 Å². The Morgan fingerprint density at radius 1 is 0.824 bits per heavy atom. The first-order valence-electron chi connectivity index (χ1n) is 5.77. The van der Waals surface area contributed by atoms with Gasteiger partial charge in [-0.15, -0.1) is 0 Å². The Hall–Kier alpha value is -1.03. The Morgan fingerprint density at radius 2 is 1.24 bits per heavy atom. The maximum atomic E-state index is 2.39. The van der Waals surface area contributed by atoms with Crippen LogP contribution in [0.1, 0.15) is 25.0 Å². The normalized spacial score (nSPS) is 16.3. The molecule has 0 saturated carbocycles. The second kappa shape index (κ2) is 3.73. The van der Waals surface area contributed by atoms with E-state index in [4.69, 9.17) is 0 Å². The predicted octanol–water partition coefficient (Wildman–Crippen LogP) is 4.81. The molecule has 1 aliphatic heterocycles. The molecule has 0 N–H and O–H groups in total. The lowest BCUT2D eigenvalue weighted by Crippen LogP contribution is -2.28. The average molecular weight is 335 g/mol. The first-order chi connectivity index (χ1) is 8.12. The fraction of sp³-hybridized carbons (Fsp3) is 0.200. The fourth-order valence-electron chi connectivity index (χ4n) is 2.62. The number of benzene rings is 2. The number of rotatable bonds is 0. The average Bonchev–Trinajstić information content (AvgIpc) is 2.37. The lowest BCUT2D eigenvalue weighted by atomic mass is 9.74. The van der Waals surface area contributed by atoms with Gasteiger partial charge >= 0.3 is 0 Å². The van der Waals surface area contributed by atoms with Crippen LogP contribution in [-0.2, 0) is 5.41 Å². The largest absolute Gasteiger partial charge is 0.282 e. The van der Waals surface area contributed by atoms with Crippen LogP contribution in [0.4, 0.5) is 11.4 Å². The van der Waals surface area contributed by atoms with Crippen molar-refractivity contribution in [1.29, 1.82) is 0 Å². The summed E-state index contributed by atoms with van der Waals surface area (Å²) in [5.74, 6) is 0. The fourth-order valence-corrected chi connectivity index (χ4v) is 3.46. The van der Waals surface area contributed by atoms with E-state index in [1.54, 1.807) is 0 Å². The van der Waals surface area contributed by atoms with Gasteiger partial charge in [0, 0.05) is 5.41 Å². The van der Waals surface area contributed by atoms with E-state index in [2.05, 4.69) is 88.4 Å². The molecule has 0 fully saturated rings. The third-order valence-electron chi connectivity index (χ3n) is 3.58. The quantitative estimate of drug-likeness (QED) is 0.493. The lowest BCUT2D eigenvalue weighted by molar-refractivity contribution is 0.635. The van der Waals surface area contributed by atoms with Gasteiger partial charge in [-0.1, -0.05) is 50.2 Å². The van der Waals surface area contributed by atoms with E-state index < -0.39 is 0 Å². The van der Waals surface area contributed by atoms with Gasteiger partial charge in [-0.05, 0) is 23.3 Å². The topological polar surface area (TPSA) is 3.24 Å². The summed E-state index contributed by atoms with van der Waals surface area (Å²) >= 11 is 2.39. The minimum absolute atomic E-state index is 0.0782. The van der Waals surface area contributed by atoms with Gasteiger partial charge in [0.1, 0.15) is 0 Å². The summed E-state index contributed by atoms with van der Waals surface area (Å²) < 4.78 is 2.26. The van der Waals surface area contributed by atoms with Crippen molar-refractivity contribution >= 4 is 34.2 Å². The Kier molecular flexibility index (Phi) is 2.43. The van der Waals surface area contributed by atoms with Gasteiger partial charge in [0.05, 0.1) is 34.2 Å².